The molecule has 1 aromatic rings. The average Bonchev–Trinajstić information content (AvgIpc) is 2.40. The van der Waals surface area contributed by atoms with Crippen LogP contribution >= 0.6 is 0 Å². The van der Waals surface area contributed by atoms with E-state index in [0.717, 1.165) is 6.07 Å². The molecule has 1 aliphatic heterocycles. The number of rotatable bonds is 2. The molecule has 0 aliphatic carbocycles. The Hall–Kier alpha value is -1.67. The van der Waals surface area contributed by atoms with Crippen molar-refractivity contribution in [3.8, 4) is 0 Å². The topological polar surface area (TPSA) is 50.4 Å². The van der Waals surface area contributed by atoms with Crippen molar-refractivity contribution in [2.24, 2.45) is 0 Å². The number of ether oxygens (including phenoxy) is 1. The van der Waals surface area contributed by atoms with Crippen LogP contribution in [0.25, 0.3) is 0 Å². The van der Waals surface area contributed by atoms with Crippen LogP contribution in [0.5, 0.6) is 0 Å². The third kappa shape index (κ3) is 3.70. The summed E-state index contributed by atoms with van der Waals surface area (Å²) in [7, 11) is 0. The van der Waals surface area contributed by atoms with Gasteiger partial charge in [-0.3, -0.25) is 4.79 Å². The normalized spacial score (nSPS) is 22.9. The molecule has 1 aromatic carbocycles. The minimum Gasteiger partial charge on any atom is -0.375 e. The van der Waals surface area contributed by atoms with E-state index < -0.39 is 35.6 Å². The lowest BCUT2D eigenvalue weighted by Gasteiger charge is -2.29. The summed E-state index contributed by atoms with van der Waals surface area (Å²) in [5.74, 6) is -1.91. The van der Waals surface area contributed by atoms with Gasteiger partial charge in [-0.15, -0.1) is 0 Å². The first-order chi connectivity index (χ1) is 9.79. The number of nitrogens with one attached hydrogen (secondary N) is 2. The van der Waals surface area contributed by atoms with Crippen LogP contribution in [0.15, 0.2) is 18.2 Å². The third-order valence-corrected chi connectivity index (χ3v) is 3.14. The third-order valence-electron chi connectivity index (χ3n) is 3.14. The first-order valence-corrected chi connectivity index (χ1v) is 6.31. The number of carbonyl (C=O) groups is 1. The summed E-state index contributed by atoms with van der Waals surface area (Å²) in [6, 6.07) is 1.66. The fourth-order valence-electron chi connectivity index (χ4n) is 2.07. The fourth-order valence-corrected chi connectivity index (χ4v) is 2.07. The second-order valence-electron chi connectivity index (χ2n) is 4.69. The highest BCUT2D eigenvalue weighted by molar-refractivity contribution is 5.95. The first kappa shape index (κ1) is 15.7. The van der Waals surface area contributed by atoms with Crippen molar-refractivity contribution >= 4 is 11.6 Å². The van der Waals surface area contributed by atoms with E-state index in [1.165, 1.54) is 0 Å². The summed E-state index contributed by atoms with van der Waals surface area (Å²) in [5.41, 5.74) is -1.53. The molecule has 4 nitrogen and oxygen atoms in total. The monoisotopic (exact) mass is 306 g/mol. The van der Waals surface area contributed by atoms with E-state index in [1.807, 2.05) is 0 Å². The van der Waals surface area contributed by atoms with Crippen molar-refractivity contribution in [3.05, 3.63) is 29.6 Å². The first-order valence-electron chi connectivity index (χ1n) is 6.31. The Bertz CT molecular complexity index is 533. The quantitative estimate of drug-likeness (QED) is 0.823. The van der Waals surface area contributed by atoms with Gasteiger partial charge in [0, 0.05) is 12.2 Å². The molecular formula is C13H14F4N2O2. The van der Waals surface area contributed by atoms with Crippen LogP contribution in [0, 0.1) is 5.82 Å². The summed E-state index contributed by atoms with van der Waals surface area (Å²) < 4.78 is 56.2. The predicted molar refractivity (Wildman–Crippen MR) is 67.2 cm³/mol. The van der Waals surface area contributed by atoms with Crippen LogP contribution < -0.4 is 10.6 Å². The van der Waals surface area contributed by atoms with E-state index in [-0.39, 0.29) is 5.69 Å². The van der Waals surface area contributed by atoms with Crippen LogP contribution in [0.2, 0.25) is 0 Å². The largest absolute Gasteiger partial charge is 0.419 e. The van der Waals surface area contributed by atoms with Crippen molar-refractivity contribution in [1.82, 2.24) is 5.32 Å². The predicted octanol–water partition coefficient (Wildman–Crippen LogP) is 2.16. The highest BCUT2D eigenvalue weighted by Gasteiger charge is 2.35. The Kier molecular flexibility index (Phi) is 4.48. The maximum atomic E-state index is 13.2. The van der Waals surface area contributed by atoms with E-state index >= 15 is 0 Å². The molecular weight excluding hydrogens is 292 g/mol. The number of benzene rings is 1. The maximum Gasteiger partial charge on any atom is 0.419 e. The van der Waals surface area contributed by atoms with Gasteiger partial charge in [-0.05, 0) is 25.1 Å². The van der Waals surface area contributed by atoms with Crippen LogP contribution in [0.4, 0.5) is 23.2 Å². The van der Waals surface area contributed by atoms with Gasteiger partial charge >= 0.3 is 6.18 Å². The second-order valence-corrected chi connectivity index (χ2v) is 4.69. The van der Waals surface area contributed by atoms with E-state index in [1.54, 1.807) is 6.92 Å². The van der Waals surface area contributed by atoms with E-state index in [2.05, 4.69) is 10.6 Å². The lowest BCUT2D eigenvalue weighted by atomic mass is 10.1. The molecule has 2 N–H and O–H groups in total. The molecule has 0 bridgehead atoms. The van der Waals surface area contributed by atoms with Crippen molar-refractivity contribution in [2.75, 3.05) is 18.5 Å². The zero-order valence-electron chi connectivity index (χ0n) is 11.1. The molecule has 2 atom stereocenters. The number of alkyl halides is 3. The van der Waals surface area contributed by atoms with E-state index in [4.69, 9.17) is 4.74 Å². The van der Waals surface area contributed by atoms with Gasteiger partial charge in [0.25, 0.3) is 0 Å². The molecule has 0 unspecified atom stereocenters. The molecule has 1 heterocycles. The molecule has 0 radical (unpaired) electrons. The fraction of sp³-hybridized carbons (Fsp3) is 0.462. The number of hydrogen-bond donors (Lipinski definition) is 2. The van der Waals surface area contributed by atoms with Gasteiger partial charge < -0.3 is 15.4 Å². The Labute approximate surface area is 118 Å². The number of morpholine rings is 1. The van der Waals surface area contributed by atoms with E-state index in [9.17, 15) is 22.4 Å². The van der Waals surface area contributed by atoms with Crippen LogP contribution in [-0.4, -0.2) is 31.2 Å². The summed E-state index contributed by atoms with van der Waals surface area (Å²) in [6.45, 7) is 2.61. The summed E-state index contributed by atoms with van der Waals surface area (Å²) >= 11 is 0. The lowest BCUT2D eigenvalue weighted by Crippen LogP contribution is -2.53. The van der Waals surface area contributed by atoms with Crippen molar-refractivity contribution < 1.29 is 27.1 Å². The van der Waals surface area contributed by atoms with Gasteiger partial charge in [0.15, 0.2) is 0 Å². The molecule has 8 heteroatoms. The SMILES string of the molecule is C[C@H]1OCCN[C@@H]1C(=O)Nc1ccc(F)c(C(F)(F)F)c1. The minimum atomic E-state index is -4.82. The maximum absolute atomic E-state index is 13.2. The summed E-state index contributed by atoms with van der Waals surface area (Å²) in [5, 5.41) is 5.25. The van der Waals surface area contributed by atoms with Gasteiger partial charge in [0.05, 0.1) is 18.3 Å². The number of amides is 1. The zero-order chi connectivity index (χ0) is 15.6. The average molecular weight is 306 g/mol. The Balaban J connectivity index is 2.14. The van der Waals surface area contributed by atoms with Crippen molar-refractivity contribution in [3.63, 3.8) is 0 Å². The molecule has 1 aliphatic rings. The molecule has 21 heavy (non-hydrogen) atoms. The van der Waals surface area contributed by atoms with Crippen LogP contribution in [0.1, 0.15) is 12.5 Å². The molecule has 1 fully saturated rings. The van der Waals surface area contributed by atoms with Crippen LogP contribution in [-0.2, 0) is 15.7 Å². The summed E-state index contributed by atoms with van der Waals surface area (Å²) in [6.07, 6.45) is -5.22. The highest BCUT2D eigenvalue weighted by atomic mass is 19.4. The molecule has 116 valence electrons. The van der Waals surface area contributed by atoms with Crippen LogP contribution in [0.3, 0.4) is 0 Å². The van der Waals surface area contributed by atoms with Crippen molar-refractivity contribution in [2.45, 2.75) is 25.2 Å². The number of carbonyl (C=O) groups excluding carboxylic acids is 1. The molecule has 1 amide bonds. The summed E-state index contributed by atoms with van der Waals surface area (Å²) in [4.78, 5) is 12.0. The lowest BCUT2D eigenvalue weighted by molar-refractivity contribution is -0.140. The molecule has 2 rings (SSSR count). The molecule has 0 spiro atoms. The van der Waals surface area contributed by atoms with Gasteiger partial charge in [-0.25, -0.2) is 4.39 Å². The Morgan fingerprint density at radius 3 is 2.76 bits per heavy atom. The molecule has 0 saturated carbocycles. The van der Waals surface area contributed by atoms with Gasteiger partial charge in [-0.1, -0.05) is 0 Å². The number of halogens is 4. The second kappa shape index (κ2) is 5.98. The highest BCUT2D eigenvalue weighted by Crippen LogP contribution is 2.33. The minimum absolute atomic E-state index is 0.117. The van der Waals surface area contributed by atoms with Gasteiger partial charge in [0.1, 0.15) is 11.9 Å². The van der Waals surface area contributed by atoms with Gasteiger partial charge in [0.2, 0.25) is 5.91 Å². The molecule has 0 aromatic heterocycles. The Morgan fingerprint density at radius 1 is 1.43 bits per heavy atom. The standard InChI is InChI=1S/C13H14F4N2O2/c1-7-11(18-4-5-21-7)12(20)19-8-2-3-10(14)9(6-8)13(15,16)17/h2-3,6-7,11,18H,4-5H2,1H3,(H,19,20)/t7-,11+/m1/s1. The molecule has 1 saturated heterocycles. The van der Waals surface area contributed by atoms with E-state index in [0.29, 0.717) is 25.3 Å². The van der Waals surface area contributed by atoms with Crippen molar-refractivity contribution in [1.29, 1.82) is 0 Å². The number of hydrogen-bond acceptors (Lipinski definition) is 3. The number of anilines is 1. The Morgan fingerprint density at radius 2 is 2.14 bits per heavy atom. The smallest absolute Gasteiger partial charge is 0.375 e. The van der Waals surface area contributed by atoms with Gasteiger partial charge in [-0.2, -0.15) is 13.2 Å². The zero-order valence-corrected chi connectivity index (χ0v) is 11.1.